The van der Waals surface area contributed by atoms with Crippen molar-refractivity contribution in [1.82, 2.24) is 0 Å². The lowest BCUT2D eigenvalue weighted by Crippen LogP contribution is -2.19. The van der Waals surface area contributed by atoms with E-state index in [4.69, 9.17) is 0 Å². The zero-order valence-electron chi connectivity index (χ0n) is 8.18. The Bertz CT molecular complexity index is 114. The summed E-state index contributed by atoms with van der Waals surface area (Å²) in [6.07, 6.45) is 2.98. The van der Waals surface area contributed by atoms with Crippen molar-refractivity contribution in [2.75, 3.05) is 0 Å². The molecule has 0 bridgehead atoms. The zero-order valence-corrected chi connectivity index (χ0v) is 8.18. The summed E-state index contributed by atoms with van der Waals surface area (Å²) in [5, 5.41) is 0. The number of Topliss-reactive ketones (excluding diaryl/α,β-unsaturated/α-hetero) is 1. The normalized spacial score (nSPS) is 13.5. The van der Waals surface area contributed by atoms with Gasteiger partial charge in [-0.2, -0.15) is 0 Å². The lowest BCUT2D eigenvalue weighted by Gasteiger charge is -2.15. The lowest BCUT2D eigenvalue weighted by molar-refractivity contribution is -0.126. The van der Waals surface area contributed by atoms with Gasteiger partial charge >= 0.3 is 0 Å². The van der Waals surface area contributed by atoms with Crippen LogP contribution in [0.25, 0.3) is 0 Å². The number of ketones is 1. The molecule has 1 atom stereocenters. The molecule has 0 spiro atoms. The number of hydrogen-bond donors (Lipinski definition) is 0. The van der Waals surface area contributed by atoms with Crippen LogP contribution in [0.15, 0.2) is 0 Å². The van der Waals surface area contributed by atoms with E-state index in [0.717, 1.165) is 19.3 Å². The molecule has 0 saturated carbocycles. The third kappa shape index (κ3) is 3.04. The Morgan fingerprint density at radius 2 is 1.55 bits per heavy atom. The van der Waals surface area contributed by atoms with Crippen molar-refractivity contribution in [3.8, 4) is 0 Å². The van der Waals surface area contributed by atoms with Crippen molar-refractivity contribution in [1.29, 1.82) is 0 Å². The average Bonchev–Trinajstić information content (AvgIpc) is 2.05. The molecule has 0 radical (unpaired) electrons. The van der Waals surface area contributed by atoms with Crippen LogP contribution in [-0.4, -0.2) is 5.78 Å². The van der Waals surface area contributed by atoms with Gasteiger partial charge in [0.15, 0.2) is 0 Å². The highest BCUT2D eigenvalue weighted by Crippen LogP contribution is 2.16. The molecule has 11 heavy (non-hydrogen) atoms. The van der Waals surface area contributed by atoms with Crippen molar-refractivity contribution in [3.63, 3.8) is 0 Å². The largest absolute Gasteiger partial charge is 0.299 e. The number of carbonyl (C=O) groups is 1. The zero-order chi connectivity index (χ0) is 8.85. The average molecular weight is 156 g/mol. The monoisotopic (exact) mass is 156 g/mol. The van der Waals surface area contributed by atoms with Gasteiger partial charge in [-0.1, -0.05) is 27.7 Å². The fourth-order valence-electron chi connectivity index (χ4n) is 1.29. The Balaban J connectivity index is 3.97. The van der Waals surface area contributed by atoms with Gasteiger partial charge in [0.1, 0.15) is 5.78 Å². The summed E-state index contributed by atoms with van der Waals surface area (Å²) < 4.78 is 0. The molecule has 0 amide bonds. The number of hydrogen-bond acceptors (Lipinski definition) is 1. The molecule has 0 fully saturated rings. The fraction of sp³-hybridized carbons (Fsp3) is 0.900. The smallest absolute Gasteiger partial charge is 0.138 e. The molecule has 0 rings (SSSR count). The Labute approximate surface area is 70.2 Å². The molecule has 1 heteroatoms. The third-order valence-corrected chi connectivity index (χ3v) is 2.49. The predicted molar refractivity (Wildman–Crippen MR) is 48.5 cm³/mol. The van der Waals surface area contributed by atoms with Gasteiger partial charge in [0, 0.05) is 11.8 Å². The summed E-state index contributed by atoms with van der Waals surface area (Å²) in [6.45, 7) is 8.29. The van der Waals surface area contributed by atoms with Crippen LogP contribution in [0.2, 0.25) is 0 Å². The molecule has 0 aliphatic carbocycles. The highest BCUT2D eigenvalue weighted by Gasteiger charge is 2.18. The first kappa shape index (κ1) is 10.7. The van der Waals surface area contributed by atoms with Crippen molar-refractivity contribution in [2.45, 2.75) is 47.0 Å². The van der Waals surface area contributed by atoms with E-state index >= 15 is 0 Å². The molecule has 0 aromatic rings. The molecular formula is C10H20O. The van der Waals surface area contributed by atoms with Crippen molar-refractivity contribution in [2.24, 2.45) is 11.8 Å². The summed E-state index contributed by atoms with van der Waals surface area (Å²) in [6, 6.07) is 0. The van der Waals surface area contributed by atoms with Gasteiger partial charge in [-0.15, -0.1) is 0 Å². The van der Waals surface area contributed by atoms with Gasteiger partial charge in [-0.25, -0.2) is 0 Å². The number of carbonyl (C=O) groups excluding carboxylic acids is 1. The minimum Gasteiger partial charge on any atom is -0.299 e. The van der Waals surface area contributed by atoms with Crippen LogP contribution >= 0.6 is 0 Å². The highest BCUT2D eigenvalue weighted by atomic mass is 16.1. The summed E-state index contributed by atoms with van der Waals surface area (Å²) in [7, 11) is 0. The van der Waals surface area contributed by atoms with E-state index < -0.39 is 0 Å². The van der Waals surface area contributed by atoms with Gasteiger partial charge in [0.05, 0.1) is 0 Å². The predicted octanol–water partition coefficient (Wildman–Crippen LogP) is 3.04. The van der Waals surface area contributed by atoms with E-state index in [1.165, 1.54) is 0 Å². The second kappa shape index (κ2) is 5.34. The van der Waals surface area contributed by atoms with E-state index in [1.54, 1.807) is 0 Å². The Hall–Kier alpha value is -0.330. The Kier molecular flexibility index (Phi) is 5.18. The van der Waals surface area contributed by atoms with Crippen LogP contribution in [0, 0.1) is 11.8 Å². The molecule has 0 aromatic carbocycles. The summed E-state index contributed by atoms with van der Waals surface area (Å²) >= 11 is 0. The molecule has 0 aliphatic heterocycles. The maximum atomic E-state index is 11.5. The summed E-state index contributed by atoms with van der Waals surface area (Å²) in [5.41, 5.74) is 0. The first-order valence-electron chi connectivity index (χ1n) is 4.70. The minimum atomic E-state index is 0.264. The van der Waals surface area contributed by atoms with Crippen LogP contribution in [0.3, 0.4) is 0 Å². The molecule has 0 aromatic heterocycles. The molecule has 0 heterocycles. The van der Waals surface area contributed by atoms with E-state index in [-0.39, 0.29) is 5.92 Å². The van der Waals surface area contributed by atoms with Gasteiger partial charge in [0.2, 0.25) is 0 Å². The summed E-state index contributed by atoms with van der Waals surface area (Å²) in [4.78, 5) is 11.5. The first-order chi connectivity index (χ1) is 5.17. The van der Waals surface area contributed by atoms with Crippen LogP contribution < -0.4 is 0 Å². The standard InChI is InChI=1S/C10H20O/c1-5-8(4)10(11)9(6-2)7-3/h8-9H,5-7H2,1-4H3. The minimum absolute atomic E-state index is 0.264. The van der Waals surface area contributed by atoms with Gasteiger partial charge in [-0.3, -0.25) is 4.79 Å². The molecule has 66 valence electrons. The quantitative estimate of drug-likeness (QED) is 0.598. The first-order valence-corrected chi connectivity index (χ1v) is 4.70. The molecule has 0 saturated heterocycles. The van der Waals surface area contributed by atoms with Crippen molar-refractivity contribution in [3.05, 3.63) is 0 Å². The Morgan fingerprint density at radius 3 is 1.82 bits per heavy atom. The number of rotatable bonds is 5. The van der Waals surface area contributed by atoms with Crippen molar-refractivity contribution < 1.29 is 4.79 Å². The van der Waals surface area contributed by atoms with E-state index in [0.29, 0.717) is 11.7 Å². The molecular weight excluding hydrogens is 136 g/mol. The topological polar surface area (TPSA) is 17.1 Å². The summed E-state index contributed by atoms with van der Waals surface area (Å²) in [5.74, 6) is 1.03. The fourth-order valence-corrected chi connectivity index (χ4v) is 1.29. The van der Waals surface area contributed by atoms with Crippen LogP contribution in [0.1, 0.15) is 47.0 Å². The van der Waals surface area contributed by atoms with Gasteiger partial charge in [-0.05, 0) is 19.3 Å². The van der Waals surface area contributed by atoms with E-state index in [2.05, 4.69) is 20.8 Å². The molecule has 0 aliphatic rings. The van der Waals surface area contributed by atoms with Crippen LogP contribution in [-0.2, 0) is 4.79 Å². The van der Waals surface area contributed by atoms with Crippen LogP contribution in [0.4, 0.5) is 0 Å². The maximum Gasteiger partial charge on any atom is 0.138 e. The maximum absolute atomic E-state index is 11.5. The van der Waals surface area contributed by atoms with E-state index in [9.17, 15) is 4.79 Å². The third-order valence-electron chi connectivity index (χ3n) is 2.49. The SMILES string of the molecule is CCC(C)C(=O)C(CC)CC. The highest BCUT2D eigenvalue weighted by molar-refractivity contribution is 5.82. The molecule has 1 nitrogen and oxygen atoms in total. The van der Waals surface area contributed by atoms with Crippen LogP contribution in [0.5, 0.6) is 0 Å². The van der Waals surface area contributed by atoms with Gasteiger partial charge in [0.25, 0.3) is 0 Å². The van der Waals surface area contributed by atoms with E-state index in [1.807, 2.05) is 6.92 Å². The molecule has 1 unspecified atom stereocenters. The Morgan fingerprint density at radius 1 is 1.09 bits per heavy atom. The second-order valence-corrected chi connectivity index (χ2v) is 3.23. The van der Waals surface area contributed by atoms with Gasteiger partial charge < -0.3 is 0 Å². The second-order valence-electron chi connectivity index (χ2n) is 3.23. The lowest BCUT2D eigenvalue weighted by atomic mass is 9.89. The molecule has 0 N–H and O–H groups in total. The van der Waals surface area contributed by atoms with Crippen molar-refractivity contribution >= 4 is 5.78 Å².